The zero-order valence-electron chi connectivity index (χ0n) is 13.5. The number of nitriles is 1. The van der Waals surface area contributed by atoms with Gasteiger partial charge < -0.3 is 10.1 Å². The van der Waals surface area contributed by atoms with Gasteiger partial charge in [0.2, 0.25) is 0 Å². The minimum Gasteiger partial charge on any atom is -0.491 e. The largest absolute Gasteiger partial charge is 0.491 e. The first-order valence-corrected chi connectivity index (χ1v) is 9.05. The molecule has 3 rings (SSSR count). The predicted octanol–water partition coefficient (Wildman–Crippen LogP) is 3.77. The first-order chi connectivity index (χ1) is 12.1. The van der Waals surface area contributed by atoms with Gasteiger partial charge in [-0.15, -0.1) is 0 Å². The molecule has 5 nitrogen and oxygen atoms in total. The highest BCUT2D eigenvalue weighted by molar-refractivity contribution is 8.26. The molecule has 0 atom stereocenters. The van der Waals surface area contributed by atoms with Gasteiger partial charge in [0.25, 0.3) is 5.91 Å². The Balaban J connectivity index is 2.04. The number of benzene rings is 1. The lowest BCUT2D eigenvalue weighted by Gasteiger charge is -2.11. The number of hydrogen-bond donors (Lipinski definition) is 1. The number of carbonyl (C=O) groups is 1. The summed E-state index contributed by atoms with van der Waals surface area (Å²) in [7, 11) is 0. The molecule has 1 amide bonds. The monoisotopic (exact) mass is 369 g/mol. The van der Waals surface area contributed by atoms with E-state index in [9.17, 15) is 10.1 Å². The summed E-state index contributed by atoms with van der Waals surface area (Å²) in [5.74, 6) is 0.346. The third kappa shape index (κ3) is 3.81. The third-order valence-electron chi connectivity index (χ3n) is 3.65. The number of pyridine rings is 1. The van der Waals surface area contributed by atoms with Crippen molar-refractivity contribution in [1.82, 2.24) is 10.3 Å². The van der Waals surface area contributed by atoms with Crippen LogP contribution in [-0.2, 0) is 4.79 Å². The van der Waals surface area contributed by atoms with Crippen LogP contribution < -0.4 is 10.1 Å². The van der Waals surface area contributed by atoms with E-state index in [0.29, 0.717) is 27.1 Å². The van der Waals surface area contributed by atoms with E-state index in [-0.39, 0.29) is 5.91 Å². The van der Waals surface area contributed by atoms with Gasteiger partial charge in [-0.2, -0.15) is 5.26 Å². The Morgan fingerprint density at radius 2 is 2.32 bits per heavy atom. The molecule has 1 fully saturated rings. The molecular formula is C18H15N3O2S2. The summed E-state index contributed by atoms with van der Waals surface area (Å²) in [6.45, 7) is 2.63. The van der Waals surface area contributed by atoms with Gasteiger partial charge in [0.1, 0.15) is 21.7 Å². The maximum Gasteiger partial charge on any atom is 0.263 e. The van der Waals surface area contributed by atoms with Crippen molar-refractivity contribution in [3.63, 3.8) is 0 Å². The molecule has 1 N–H and O–H groups in total. The number of fused-ring (bicyclic) bond motifs is 1. The molecule has 1 aromatic heterocycles. The van der Waals surface area contributed by atoms with Gasteiger partial charge in [-0.1, -0.05) is 43.4 Å². The van der Waals surface area contributed by atoms with Gasteiger partial charge >= 0.3 is 0 Å². The predicted molar refractivity (Wildman–Crippen MR) is 103 cm³/mol. The lowest BCUT2D eigenvalue weighted by Crippen LogP contribution is -2.17. The molecular weight excluding hydrogens is 354 g/mol. The van der Waals surface area contributed by atoms with E-state index >= 15 is 0 Å². The zero-order chi connectivity index (χ0) is 17.8. The number of aromatic nitrogens is 1. The number of ether oxygens (including phenoxy) is 1. The van der Waals surface area contributed by atoms with Crippen LogP contribution in [0.2, 0.25) is 0 Å². The van der Waals surface area contributed by atoms with E-state index in [4.69, 9.17) is 17.0 Å². The zero-order valence-corrected chi connectivity index (χ0v) is 15.2. The SMILES string of the molecule is CCCCOc1c(C#N)cnc2ccc(/C=C3/SC(=S)NC3=O)cc12. The van der Waals surface area contributed by atoms with Crippen molar-refractivity contribution in [3.8, 4) is 11.8 Å². The molecule has 25 heavy (non-hydrogen) atoms. The molecule has 1 saturated heterocycles. The number of thiocarbonyl (C=S) groups is 1. The summed E-state index contributed by atoms with van der Waals surface area (Å²) < 4.78 is 6.31. The standard InChI is InChI=1S/C18H15N3O2S2/c1-2-3-6-23-16-12(9-19)10-20-14-5-4-11(7-13(14)16)8-15-17(22)21-18(24)25-15/h4-5,7-8,10H,2-3,6H2,1H3,(H,21,22,24)/b15-8+. The second-order valence-electron chi connectivity index (χ2n) is 5.44. The maximum atomic E-state index is 11.8. The average molecular weight is 369 g/mol. The third-order valence-corrected chi connectivity index (χ3v) is 4.81. The fourth-order valence-corrected chi connectivity index (χ4v) is 3.45. The number of amides is 1. The first kappa shape index (κ1) is 17.4. The van der Waals surface area contributed by atoms with E-state index in [0.717, 1.165) is 29.3 Å². The van der Waals surface area contributed by atoms with Crippen LogP contribution in [0.4, 0.5) is 0 Å². The van der Waals surface area contributed by atoms with Crippen LogP contribution in [0.5, 0.6) is 5.75 Å². The topological polar surface area (TPSA) is 75.0 Å². The fraction of sp³-hybridized carbons (Fsp3) is 0.222. The summed E-state index contributed by atoms with van der Waals surface area (Å²) in [4.78, 5) is 16.7. The summed E-state index contributed by atoms with van der Waals surface area (Å²) in [5.41, 5.74) is 1.97. The highest BCUT2D eigenvalue weighted by Crippen LogP contribution is 2.31. The Labute approximate surface area is 155 Å². The maximum absolute atomic E-state index is 11.8. The molecule has 7 heteroatoms. The Morgan fingerprint density at radius 3 is 3.00 bits per heavy atom. The van der Waals surface area contributed by atoms with E-state index in [1.807, 2.05) is 18.2 Å². The van der Waals surface area contributed by atoms with Crippen molar-refractivity contribution >= 4 is 51.2 Å². The van der Waals surface area contributed by atoms with Crippen LogP contribution >= 0.6 is 24.0 Å². The lowest BCUT2D eigenvalue weighted by molar-refractivity contribution is -0.115. The van der Waals surface area contributed by atoms with Crippen LogP contribution in [0.3, 0.4) is 0 Å². The molecule has 0 radical (unpaired) electrons. The fourth-order valence-electron chi connectivity index (χ4n) is 2.40. The van der Waals surface area contributed by atoms with Crippen LogP contribution in [0.15, 0.2) is 29.3 Å². The molecule has 0 spiro atoms. The van der Waals surface area contributed by atoms with Crippen molar-refractivity contribution in [1.29, 1.82) is 5.26 Å². The Bertz CT molecular complexity index is 932. The van der Waals surface area contributed by atoms with Crippen LogP contribution in [-0.4, -0.2) is 21.8 Å². The number of unbranched alkanes of at least 4 members (excludes halogenated alkanes) is 1. The van der Waals surface area contributed by atoms with Gasteiger partial charge in [0, 0.05) is 11.6 Å². The van der Waals surface area contributed by atoms with Crippen LogP contribution in [0.25, 0.3) is 17.0 Å². The van der Waals surface area contributed by atoms with E-state index < -0.39 is 0 Å². The molecule has 0 saturated carbocycles. The van der Waals surface area contributed by atoms with Gasteiger partial charge in [-0.3, -0.25) is 9.78 Å². The van der Waals surface area contributed by atoms with Crippen molar-refractivity contribution in [2.45, 2.75) is 19.8 Å². The highest BCUT2D eigenvalue weighted by Gasteiger charge is 2.22. The number of hydrogen-bond acceptors (Lipinski definition) is 6. The second-order valence-corrected chi connectivity index (χ2v) is 7.16. The number of rotatable bonds is 5. The van der Waals surface area contributed by atoms with Crippen molar-refractivity contribution in [3.05, 3.63) is 40.4 Å². The van der Waals surface area contributed by atoms with E-state index in [1.54, 1.807) is 6.08 Å². The Hall–Kier alpha value is -2.43. The molecule has 2 heterocycles. The number of nitrogens with one attached hydrogen (secondary N) is 1. The normalized spacial score (nSPS) is 15.4. The van der Waals surface area contributed by atoms with E-state index in [1.165, 1.54) is 18.0 Å². The molecule has 0 aliphatic carbocycles. The number of nitrogens with zero attached hydrogens (tertiary/aromatic N) is 2. The molecule has 2 aromatic rings. The molecule has 1 aliphatic rings. The molecule has 1 aromatic carbocycles. The van der Waals surface area contributed by atoms with Gasteiger partial charge in [-0.25, -0.2) is 0 Å². The highest BCUT2D eigenvalue weighted by atomic mass is 32.2. The summed E-state index contributed by atoms with van der Waals surface area (Å²) in [5, 5.41) is 12.7. The van der Waals surface area contributed by atoms with Gasteiger partial charge in [0.15, 0.2) is 0 Å². The molecule has 0 unspecified atom stereocenters. The quantitative estimate of drug-likeness (QED) is 0.491. The summed E-state index contributed by atoms with van der Waals surface area (Å²) >= 11 is 6.24. The van der Waals surface area contributed by atoms with Gasteiger partial charge in [-0.05, 0) is 30.2 Å². The van der Waals surface area contributed by atoms with Gasteiger partial charge in [0.05, 0.1) is 17.0 Å². The molecule has 0 bridgehead atoms. The minimum atomic E-state index is -0.196. The number of thioether (sulfide) groups is 1. The van der Waals surface area contributed by atoms with Crippen LogP contribution in [0.1, 0.15) is 30.9 Å². The summed E-state index contributed by atoms with van der Waals surface area (Å²) in [6.07, 6.45) is 5.22. The minimum absolute atomic E-state index is 0.196. The smallest absolute Gasteiger partial charge is 0.263 e. The average Bonchev–Trinajstić information content (AvgIpc) is 2.92. The molecule has 126 valence electrons. The van der Waals surface area contributed by atoms with E-state index in [2.05, 4.69) is 23.3 Å². The van der Waals surface area contributed by atoms with Crippen molar-refractivity contribution < 1.29 is 9.53 Å². The Kier molecular flexibility index (Phi) is 5.31. The number of carbonyl (C=O) groups excluding carboxylic acids is 1. The van der Waals surface area contributed by atoms with Crippen LogP contribution in [0, 0.1) is 11.3 Å². The molecule has 1 aliphatic heterocycles. The summed E-state index contributed by atoms with van der Waals surface area (Å²) in [6, 6.07) is 7.74. The second kappa shape index (κ2) is 7.64. The van der Waals surface area contributed by atoms with Crippen molar-refractivity contribution in [2.75, 3.05) is 6.61 Å². The van der Waals surface area contributed by atoms with Crippen molar-refractivity contribution in [2.24, 2.45) is 0 Å². The lowest BCUT2D eigenvalue weighted by atomic mass is 10.1. The Morgan fingerprint density at radius 1 is 1.48 bits per heavy atom. The first-order valence-electron chi connectivity index (χ1n) is 7.83.